The van der Waals surface area contributed by atoms with Gasteiger partial charge in [0.1, 0.15) is 0 Å². The molecule has 0 aromatic heterocycles. The van der Waals surface area contributed by atoms with Crippen molar-refractivity contribution < 1.29 is 18.0 Å². The molecule has 1 heterocycles. The molecular weight excluding hydrogens is 376 g/mol. The molecule has 0 spiro atoms. The molecular formula is C18H17ClN2O4S. The molecule has 0 aliphatic carbocycles. The number of hydrogen-bond acceptors (Lipinski definition) is 4. The molecule has 136 valence electrons. The SMILES string of the molecule is CC1(C)CS(=O)(=O)N(c2ccc(C(=O)Nc3cccc(Cl)c3)cc2)C1=O. The topological polar surface area (TPSA) is 83.6 Å². The quantitative estimate of drug-likeness (QED) is 0.868. The molecule has 1 aliphatic heterocycles. The van der Waals surface area contributed by atoms with E-state index in [-0.39, 0.29) is 17.3 Å². The van der Waals surface area contributed by atoms with Crippen molar-refractivity contribution in [1.29, 1.82) is 0 Å². The predicted molar refractivity (Wildman–Crippen MR) is 101 cm³/mol. The molecule has 0 unspecified atom stereocenters. The second-order valence-corrected chi connectivity index (χ2v) is 8.98. The van der Waals surface area contributed by atoms with E-state index in [0.29, 0.717) is 16.3 Å². The number of carbonyl (C=O) groups is 2. The van der Waals surface area contributed by atoms with Gasteiger partial charge in [0.05, 0.1) is 16.9 Å². The highest BCUT2D eigenvalue weighted by Gasteiger charge is 2.49. The zero-order chi connectivity index (χ0) is 19.1. The van der Waals surface area contributed by atoms with E-state index in [2.05, 4.69) is 5.32 Å². The van der Waals surface area contributed by atoms with Crippen LogP contribution in [-0.4, -0.2) is 26.0 Å². The number of carbonyl (C=O) groups excluding carboxylic acids is 2. The van der Waals surface area contributed by atoms with Crippen molar-refractivity contribution in [2.45, 2.75) is 13.8 Å². The number of anilines is 2. The summed E-state index contributed by atoms with van der Waals surface area (Å²) in [4.78, 5) is 24.7. The average Bonchev–Trinajstić information content (AvgIpc) is 2.70. The highest BCUT2D eigenvalue weighted by atomic mass is 35.5. The zero-order valence-corrected chi connectivity index (χ0v) is 15.8. The molecule has 0 radical (unpaired) electrons. The van der Waals surface area contributed by atoms with Crippen LogP contribution in [0.15, 0.2) is 48.5 Å². The van der Waals surface area contributed by atoms with Crippen LogP contribution in [0.4, 0.5) is 11.4 Å². The van der Waals surface area contributed by atoms with E-state index < -0.39 is 21.3 Å². The fourth-order valence-electron chi connectivity index (χ4n) is 2.78. The van der Waals surface area contributed by atoms with Crippen LogP contribution in [0.3, 0.4) is 0 Å². The van der Waals surface area contributed by atoms with Crippen molar-refractivity contribution in [1.82, 2.24) is 0 Å². The van der Waals surface area contributed by atoms with Gasteiger partial charge in [0.2, 0.25) is 15.9 Å². The van der Waals surface area contributed by atoms with E-state index in [9.17, 15) is 18.0 Å². The lowest BCUT2D eigenvalue weighted by atomic mass is 9.95. The molecule has 2 aromatic carbocycles. The Bertz CT molecular complexity index is 985. The number of nitrogens with one attached hydrogen (secondary N) is 1. The minimum atomic E-state index is -3.71. The molecule has 0 atom stereocenters. The number of amides is 2. The highest BCUT2D eigenvalue weighted by Crippen LogP contribution is 2.35. The monoisotopic (exact) mass is 392 g/mol. The fourth-order valence-corrected chi connectivity index (χ4v) is 5.08. The van der Waals surface area contributed by atoms with Crippen LogP contribution in [0.5, 0.6) is 0 Å². The van der Waals surface area contributed by atoms with Crippen LogP contribution in [-0.2, 0) is 14.8 Å². The van der Waals surface area contributed by atoms with Gasteiger partial charge in [-0.05, 0) is 56.3 Å². The van der Waals surface area contributed by atoms with Gasteiger partial charge in [-0.25, -0.2) is 12.7 Å². The number of benzene rings is 2. The van der Waals surface area contributed by atoms with Gasteiger partial charge in [-0.15, -0.1) is 0 Å². The van der Waals surface area contributed by atoms with Crippen molar-refractivity contribution in [2.75, 3.05) is 15.4 Å². The molecule has 2 amide bonds. The summed E-state index contributed by atoms with van der Waals surface area (Å²) in [6, 6.07) is 12.6. The normalized spacial score (nSPS) is 18.0. The van der Waals surface area contributed by atoms with E-state index in [0.717, 1.165) is 4.31 Å². The first-order chi connectivity index (χ1) is 12.1. The van der Waals surface area contributed by atoms with Crippen LogP contribution in [0.25, 0.3) is 0 Å². The summed E-state index contributed by atoms with van der Waals surface area (Å²) in [5.74, 6) is -1.08. The van der Waals surface area contributed by atoms with Crippen LogP contribution in [0.2, 0.25) is 5.02 Å². The molecule has 0 bridgehead atoms. The Morgan fingerprint density at radius 1 is 1.15 bits per heavy atom. The standard InChI is InChI=1S/C18H17ClN2O4S/c1-18(2)11-26(24,25)21(17(18)23)15-8-6-12(7-9-15)16(22)20-14-5-3-4-13(19)10-14/h3-10H,11H2,1-2H3,(H,20,22). The minimum absolute atomic E-state index is 0.222. The van der Waals surface area contributed by atoms with Crippen molar-refractivity contribution >= 4 is 44.8 Å². The largest absolute Gasteiger partial charge is 0.322 e. The Morgan fingerprint density at radius 2 is 1.81 bits per heavy atom. The van der Waals surface area contributed by atoms with Gasteiger partial charge in [-0.1, -0.05) is 17.7 Å². The Kier molecular flexibility index (Phi) is 4.54. The van der Waals surface area contributed by atoms with Gasteiger partial charge >= 0.3 is 0 Å². The van der Waals surface area contributed by atoms with Gasteiger partial charge in [0.15, 0.2) is 0 Å². The maximum atomic E-state index is 12.4. The van der Waals surface area contributed by atoms with E-state index >= 15 is 0 Å². The van der Waals surface area contributed by atoms with Crippen molar-refractivity contribution in [3.05, 3.63) is 59.1 Å². The van der Waals surface area contributed by atoms with E-state index in [1.165, 1.54) is 24.3 Å². The van der Waals surface area contributed by atoms with Crippen molar-refractivity contribution in [3.63, 3.8) is 0 Å². The molecule has 26 heavy (non-hydrogen) atoms. The summed E-state index contributed by atoms with van der Waals surface area (Å²) in [6.45, 7) is 3.19. The van der Waals surface area contributed by atoms with Gasteiger partial charge in [0.25, 0.3) is 5.91 Å². The number of halogens is 1. The van der Waals surface area contributed by atoms with Gasteiger partial charge in [-0.2, -0.15) is 0 Å². The lowest BCUT2D eigenvalue weighted by Crippen LogP contribution is -2.32. The molecule has 0 saturated carbocycles. The average molecular weight is 393 g/mol. The first-order valence-corrected chi connectivity index (χ1v) is 9.83. The third kappa shape index (κ3) is 3.45. The Labute approximate surface area is 156 Å². The van der Waals surface area contributed by atoms with Crippen LogP contribution < -0.4 is 9.62 Å². The van der Waals surface area contributed by atoms with Gasteiger partial charge in [-0.3, -0.25) is 9.59 Å². The van der Waals surface area contributed by atoms with Crippen molar-refractivity contribution in [2.24, 2.45) is 5.41 Å². The fraction of sp³-hybridized carbons (Fsp3) is 0.222. The highest BCUT2D eigenvalue weighted by molar-refractivity contribution is 7.94. The van der Waals surface area contributed by atoms with E-state index in [1.54, 1.807) is 38.1 Å². The maximum Gasteiger partial charge on any atom is 0.255 e. The Balaban J connectivity index is 1.83. The van der Waals surface area contributed by atoms with Gasteiger partial charge < -0.3 is 5.32 Å². The molecule has 2 aromatic rings. The summed E-state index contributed by atoms with van der Waals surface area (Å²) in [7, 11) is -3.71. The lowest BCUT2D eigenvalue weighted by molar-refractivity contribution is -0.123. The Morgan fingerprint density at radius 3 is 2.35 bits per heavy atom. The minimum Gasteiger partial charge on any atom is -0.322 e. The number of rotatable bonds is 3. The smallest absolute Gasteiger partial charge is 0.255 e. The zero-order valence-electron chi connectivity index (χ0n) is 14.2. The third-order valence-corrected chi connectivity index (χ3v) is 6.29. The number of sulfonamides is 1. The lowest BCUT2D eigenvalue weighted by Gasteiger charge is -2.17. The molecule has 1 saturated heterocycles. The first-order valence-electron chi connectivity index (χ1n) is 7.85. The molecule has 8 heteroatoms. The Hall–Kier alpha value is -2.38. The van der Waals surface area contributed by atoms with E-state index in [4.69, 9.17) is 11.6 Å². The second-order valence-electron chi connectivity index (χ2n) is 6.72. The molecule has 6 nitrogen and oxygen atoms in total. The number of hydrogen-bond donors (Lipinski definition) is 1. The molecule has 1 aliphatic rings. The summed E-state index contributed by atoms with van der Waals surface area (Å²) < 4.78 is 25.4. The summed E-state index contributed by atoms with van der Waals surface area (Å²) >= 11 is 5.89. The molecule has 1 N–H and O–H groups in total. The number of nitrogens with zero attached hydrogens (tertiary/aromatic N) is 1. The molecule has 1 fully saturated rings. The molecule has 3 rings (SSSR count). The third-order valence-electron chi connectivity index (χ3n) is 4.03. The van der Waals surface area contributed by atoms with Crippen LogP contribution in [0, 0.1) is 5.41 Å². The van der Waals surface area contributed by atoms with Gasteiger partial charge in [0, 0.05) is 16.3 Å². The first kappa shape index (κ1) is 18.4. The summed E-state index contributed by atoms with van der Waals surface area (Å²) in [5.41, 5.74) is 0.129. The second kappa shape index (κ2) is 6.41. The maximum absolute atomic E-state index is 12.4. The van der Waals surface area contributed by atoms with Crippen molar-refractivity contribution in [3.8, 4) is 0 Å². The predicted octanol–water partition coefficient (Wildman–Crippen LogP) is 3.29. The van der Waals surface area contributed by atoms with Crippen LogP contribution >= 0.6 is 11.6 Å². The summed E-state index contributed by atoms with van der Waals surface area (Å²) in [5, 5.41) is 3.20. The van der Waals surface area contributed by atoms with Crippen LogP contribution in [0.1, 0.15) is 24.2 Å². The summed E-state index contributed by atoms with van der Waals surface area (Å²) in [6.07, 6.45) is 0. The van der Waals surface area contributed by atoms with E-state index in [1.807, 2.05) is 0 Å².